The van der Waals surface area contributed by atoms with Crippen LogP contribution in [0.3, 0.4) is 0 Å². The molecule has 0 aliphatic carbocycles. The minimum atomic E-state index is -1.01. The average molecular weight is 429 g/mol. The highest BCUT2D eigenvalue weighted by Crippen LogP contribution is 2.29. The molecule has 2 unspecified atom stereocenters. The molecule has 3 N–H and O–H groups in total. The number of carbonyl (C=O) groups is 2. The van der Waals surface area contributed by atoms with Gasteiger partial charge in [0, 0.05) is 25.3 Å². The highest BCUT2D eigenvalue weighted by molar-refractivity contribution is 5.78. The third kappa shape index (κ3) is 5.07. The first-order valence-electron chi connectivity index (χ1n) is 10.9. The van der Waals surface area contributed by atoms with Crippen molar-refractivity contribution < 1.29 is 19.1 Å². The second-order valence-corrected chi connectivity index (χ2v) is 8.30. The normalized spacial score (nSPS) is 21.8. The molecule has 1 aromatic carbocycles. The van der Waals surface area contributed by atoms with Crippen molar-refractivity contribution in [3.8, 4) is 0 Å². The molecule has 0 saturated carbocycles. The Kier molecular flexibility index (Phi) is 6.56. The van der Waals surface area contributed by atoms with Crippen LogP contribution in [-0.2, 0) is 4.79 Å². The Morgan fingerprint density at radius 2 is 2.16 bits per heavy atom. The fourth-order valence-electron chi connectivity index (χ4n) is 4.58. The summed E-state index contributed by atoms with van der Waals surface area (Å²) in [6.45, 7) is 2.60. The quantitative estimate of drug-likeness (QED) is 0.593. The number of nitrogens with one attached hydrogen (secondary N) is 2. The number of allylic oxidation sites excluding steroid dienone is 3. The second-order valence-electron chi connectivity index (χ2n) is 8.30. The van der Waals surface area contributed by atoms with Gasteiger partial charge >= 0.3 is 12.0 Å². The number of benzene rings is 1. The van der Waals surface area contributed by atoms with Crippen molar-refractivity contribution in [2.75, 3.05) is 26.2 Å². The molecule has 0 bridgehead atoms. The van der Waals surface area contributed by atoms with Crippen LogP contribution in [0.5, 0.6) is 0 Å². The molecule has 1 aromatic rings. The fraction of sp³-hybridized carbons (Fsp3) is 0.478. The van der Waals surface area contributed by atoms with Gasteiger partial charge in [-0.25, -0.2) is 9.18 Å². The summed E-state index contributed by atoms with van der Waals surface area (Å²) in [5.41, 5.74) is 3.06. The summed E-state index contributed by atoms with van der Waals surface area (Å²) in [5.74, 6) is -1.45. The topological polar surface area (TPSA) is 84.9 Å². The van der Waals surface area contributed by atoms with Gasteiger partial charge in [0.25, 0.3) is 0 Å². The lowest BCUT2D eigenvalue weighted by molar-refractivity contribution is -0.138. The Balaban J connectivity index is 1.34. The van der Waals surface area contributed by atoms with Crippen LogP contribution in [0, 0.1) is 5.82 Å². The summed E-state index contributed by atoms with van der Waals surface area (Å²) >= 11 is 0. The Labute approximate surface area is 181 Å². The van der Waals surface area contributed by atoms with E-state index < -0.39 is 17.8 Å². The zero-order valence-corrected chi connectivity index (χ0v) is 17.5. The molecule has 2 amide bonds. The molecule has 31 heavy (non-hydrogen) atoms. The number of aliphatic carboxylic acids is 1. The third-order valence-electron chi connectivity index (χ3n) is 6.17. The minimum Gasteiger partial charge on any atom is -0.481 e. The van der Waals surface area contributed by atoms with Crippen LogP contribution in [0.4, 0.5) is 9.18 Å². The first-order valence-corrected chi connectivity index (χ1v) is 10.9. The van der Waals surface area contributed by atoms with E-state index in [1.54, 1.807) is 21.9 Å². The SMILES string of the molecule is O=C(O)CC(c1cccc(F)c1)N1CCN(CCCC2=CC=C3CCCNC3N2)C1=O. The van der Waals surface area contributed by atoms with Crippen molar-refractivity contribution in [1.82, 2.24) is 20.4 Å². The van der Waals surface area contributed by atoms with Gasteiger partial charge in [0.05, 0.1) is 18.6 Å². The summed E-state index contributed by atoms with van der Waals surface area (Å²) in [5, 5.41) is 16.3. The van der Waals surface area contributed by atoms with Crippen LogP contribution < -0.4 is 10.6 Å². The van der Waals surface area contributed by atoms with Gasteiger partial charge in [0.2, 0.25) is 0 Å². The first kappa shape index (κ1) is 21.4. The zero-order valence-electron chi connectivity index (χ0n) is 17.5. The number of carbonyl (C=O) groups excluding carboxylic acids is 1. The van der Waals surface area contributed by atoms with E-state index in [0.29, 0.717) is 25.2 Å². The molecule has 3 heterocycles. The Morgan fingerprint density at radius 1 is 1.29 bits per heavy atom. The molecule has 7 nitrogen and oxygen atoms in total. The summed E-state index contributed by atoms with van der Waals surface area (Å²) in [7, 11) is 0. The first-order chi connectivity index (χ1) is 15.0. The van der Waals surface area contributed by atoms with Crippen molar-refractivity contribution in [3.05, 3.63) is 59.1 Å². The number of amides is 2. The number of hydrogen-bond donors (Lipinski definition) is 3. The van der Waals surface area contributed by atoms with Crippen LogP contribution in [0.2, 0.25) is 0 Å². The number of carboxylic acids is 1. The van der Waals surface area contributed by atoms with Gasteiger partial charge in [-0.15, -0.1) is 0 Å². The molecule has 2 atom stereocenters. The molecule has 0 aromatic heterocycles. The molecule has 0 spiro atoms. The molecule has 8 heteroatoms. The summed E-state index contributed by atoms with van der Waals surface area (Å²) < 4.78 is 13.7. The highest BCUT2D eigenvalue weighted by Gasteiger charge is 2.35. The number of piperidine rings is 1. The van der Waals surface area contributed by atoms with Gasteiger partial charge in [-0.2, -0.15) is 0 Å². The lowest BCUT2D eigenvalue weighted by atomic mass is 9.99. The van der Waals surface area contributed by atoms with Crippen LogP contribution in [0.15, 0.2) is 47.7 Å². The van der Waals surface area contributed by atoms with Gasteiger partial charge < -0.3 is 20.2 Å². The van der Waals surface area contributed by atoms with Crippen molar-refractivity contribution in [2.24, 2.45) is 0 Å². The highest BCUT2D eigenvalue weighted by atomic mass is 19.1. The van der Waals surface area contributed by atoms with Gasteiger partial charge in [-0.1, -0.05) is 18.2 Å². The summed E-state index contributed by atoms with van der Waals surface area (Å²) in [6.07, 6.45) is 8.24. The Bertz CT molecular complexity index is 901. The summed E-state index contributed by atoms with van der Waals surface area (Å²) in [6, 6.07) is 4.99. The van der Waals surface area contributed by atoms with E-state index >= 15 is 0 Å². The fourth-order valence-corrected chi connectivity index (χ4v) is 4.58. The average Bonchev–Trinajstić information content (AvgIpc) is 3.12. The van der Waals surface area contributed by atoms with E-state index in [9.17, 15) is 19.1 Å². The maximum Gasteiger partial charge on any atom is 0.320 e. The lowest BCUT2D eigenvalue weighted by Crippen LogP contribution is -2.47. The maximum atomic E-state index is 13.7. The van der Waals surface area contributed by atoms with Gasteiger partial charge in [0.1, 0.15) is 5.82 Å². The Morgan fingerprint density at radius 3 is 2.97 bits per heavy atom. The molecule has 3 aliphatic heterocycles. The number of halogens is 1. The van der Waals surface area contributed by atoms with Crippen molar-refractivity contribution in [2.45, 2.75) is 44.3 Å². The second kappa shape index (κ2) is 9.51. The smallest absolute Gasteiger partial charge is 0.320 e. The zero-order chi connectivity index (χ0) is 21.8. The van der Waals surface area contributed by atoms with E-state index in [2.05, 4.69) is 22.8 Å². The number of fused-ring (bicyclic) bond motifs is 1. The van der Waals surface area contributed by atoms with Gasteiger partial charge in [-0.05, 0) is 61.6 Å². The van der Waals surface area contributed by atoms with E-state index in [0.717, 1.165) is 31.5 Å². The molecular formula is C23H29FN4O3. The maximum absolute atomic E-state index is 13.7. The van der Waals surface area contributed by atoms with Gasteiger partial charge in [-0.3, -0.25) is 10.1 Å². The van der Waals surface area contributed by atoms with Crippen molar-refractivity contribution >= 4 is 12.0 Å². The standard InChI is InChI=1S/C23H29FN4O3/c24-18-6-1-4-17(14-18)20(15-21(29)30)28-13-12-27(23(28)31)11-3-7-19-9-8-16-5-2-10-25-22(16)26-19/h1,4,6,8-9,14,20,22,25-26H,2-3,5,7,10-13,15H2,(H,29,30). The molecule has 0 radical (unpaired) electrons. The third-order valence-corrected chi connectivity index (χ3v) is 6.17. The molecule has 3 aliphatic rings. The van der Waals surface area contributed by atoms with Crippen LogP contribution in [0.25, 0.3) is 0 Å². The lowest BCUT2D eigenvalue weighted by Gasteiger charge is -2.32. The number of carboxylic acid groups (broad SMARTS) is 1. The number of nitrogens with zero attached hydrogens (tertiary/aromatic N) is 2. The predicted octanol–water partition coefficient (Wildman–Crippen LogP) is 2.98. The van der Waals surface area contributed by atoms with E-state index in [1.165, 1.54) is 24.1 Å². The van der Waals surface area contributed by atoms with E-state index in [1.807, 2.05) is 0 Å². The van der Waals surface area contributed by atoms with Crippen molar-refractivity contribution in [1.29, 1.82) is 0 Å². The molecule has 2 saturated heterocycles. The van der Waals surface area contributed by atoms with Crippen molar-refractivity contribution in [3.63, 3.8) is 0 Å². The number of urea groups is 1. The Hall–Kier alpha value is -2.87. The molecule has 2 fully saturated rings. The largest absolute Gasteiger partial charge is 0.481 e. The molecule has 166 valence electrons. The molecular weight excluding hydrogens is 399 g/mol. The van der Waals surface area contributed by atoms with E-state index in [4.69, 9.17) is 0 Å². The monoisotopic (exact) mass is 428 g/mol. The number of dihydropyridines is 1. The van der Waals surface area contributed by atoms with Crippen LogP contribution in [-0.4, -0.2) is 59.3 Å². The predicted molar refractivity (Wildman–Crippen MR) is 115 cm³/mol. The number of rotatable bonds is 8. The molecule has 4 rings (SSSR count). The minimum absolute atomic E-state index is 0.183. The summed E-state index contributed by atoms with van der Waals surface area (Å²) in [4.78, 5) is 27.7. The van der Waals surface area contributed by atoms with Crippen LogP contribution >= 0.6 is 0 Å². The van der Waals surface area contributed by atoms with Crippen LogP contribution in [0.1, 0.15) is 43.7 Å². The number of hydrogen-bond acceptors (Lipinski definition) is 4. The van der Waals surface area contributed by atoms with E-state index in [-0.39, 0.29) is 18.6 Å². The van der Waals surface area contributed by atoms with Gasteiger partial charge in [0.15, 0.2) is 0 Å².